The molecule has 0 bridgehead atoms. The largest absolute Gasteiger partial charge is 0.397 e. The first-order chi connectivity index (χ1) is 5.57. The maximum absolute atomic E-state index is 5.82. The zero-order valence-corrected chi connectivity index (χ0v) is 7.73. The van der Waals surface area contributed by atoms with Gasteiger partial charge in [-0.2, -0.15) is 0 Å². The van der Waals surface area contributed by atoms with Gasteiger partial charge in [-0.25, -0.2) is 0 Å². The highest BCUT2D eigenvalue weighted by Crippen LogP contribution is 2.31. The molecule has 0 aliphatic rings. The summed E-state index contributed by atoms with van der Waals surface area (Å²) in [4.78, 5) is 0. The number of anilines is 3. The lowest BCUT2D eigenvalue weighted by Gasteiger charge is -2.13. The SMILES string of the molecule is CNc1c(N)c(C)cc(C)c1N. The minimum Gasteiger partial charge on any atom is -0.397 e. The third-order valence-corrected chi connectivity index (χ3v) is 2.07. The molecule has 0 radical (unpaired) electrons. The van der Waals surface area contributed by atoms with Gasteiger partial charge in [0.15, 0.2) is 0 Å². The van der Waals surface area contributed by atoms with Gasteiger partial charge < -0.3 is 16.8 Å². The topological polar surface area (TPSA) is 64.1 Å². The van der Waals surface area contributed by atoms with Gasteiger partial charge in [0.05, 0.1) is 17.1 Å². The molecule has 0 fully saturated rings. The Morgan fingerprint density at radius 1 is 1.08 bits per heavy atom. The molecule has 3 nitrogen and oxygen atoms in total. The molecule has 0 heterocycles. The van der Waals surface area contributed by atoms with Gasteiger partial charge >= 0.3 is 0 Å². The normalized spacial score (nSPS) is 9.92. The van der Waals surface area contributed by atoms with Crippen LogP contribution in [-0.4, -0.2) is 7.05 Å². The fourth-order valence-electron chi connectivity index (χ4n) is 1.29. The van der Waals surface area contributed by atoms with E-state index < -0.39 is 0 Å². The summed E-state index contributed by atoms with van der Waals surface area (Å²) in [5.41, 5.74) is 16.1. The first-order valence-electron chi connectivity index (χ1n) is 3.90. The van der Waals surface area contributed by atoms with E-state index >= 15 is 0 Å². The Morgan fingerprint density at radius 3 is 1.83 bits per heavy atom. The molecule has 0 aromatic heterocycles. The van der Waals surface area contributed by atoms with E-state index in [1.165, 1.54) is 0 Å². The van der Waals surface area contributed by atoms with Gasteiger partial charge in [-0.1, -0.05) is 6.07 Å². The smallest absolute Gasteiger partial charge is 0.0810 e. The van der Waals surface area contributed by atoms with Crippen molar-refractivity contribution < 1.29 is 0 Å². The standard InChI is InChI=1S/C9H15N3/c1-5-4-6(2)8(11)9(12-3)7(5)10/h4,12H,10-11H2,1-3H3. The lowest BCUT2D eigenvalue weighted by Crippen LogP contribution is -2.04. The number of nitrogen functional groups attached to an aromatic ring is 2. The van der Waals surface area contributed by atoms with Gasteiger partial charge in [-0.15, -0.1) is 0 Å². The highest BCUT2D eigenvalue weighted by molar-refractivity contribution is 5.83. The van der Waals surface area contributed by atoms with Crippen molar-refractivity contribution in [3.05, 3.63) is 17.2 Å². The van der Waals surface area contributed by atoms with Gasteiger partial charge in [0, 0.05) is 7.05 Å². The molecule has 12 heavy (non-hydrogen) atoms. The Bertz CT molecular complexity index is 279. The lowest BCUT2D eigenvalue weighted by atomic mass is 10.1. The number of aryl methyl sites for hydroxylation is 2. The molecule has 0 atom stereocenters. The molecule has 1 aromatic carbocycles. The second-order valence-electron chi connectivity index (χ2n) is 2.96. The Morgan fingerprint density at radius 2 is 1.50 bits per heavy atom. The second-order valence-corrected chi connectivity index (χ2v) is 2.96. The average Bonchev–Trinajstić information content (AvgIpc) is 2.02. The predicted molar refractivity (Wildman–Crippen MR) is 54.3 cm³/mol. The van der Waals surface area contributed by atoms with Crippen molar-refractivity contribution in [2.24, 2.45) is 0 Å². The summed E-state index contributed by atoms with van der Waals surface area (Å²) in [7, 11) is 1.82. The number of nitrogens with one attached hydrogen (secondary N) is 1. The molecule has 1 aromatic rings. The third-order valence-electron chi connectivity index (χ3n) is 2.07. The van der Waals surface area contributed by atoms with Crippen LogP contribution in [0.15, 0.2) is 6.07 Å². The van der Waals surface area contributed by atoms with Crippen molar-refractivity contribution in [1.29, 1.82) is 0 Å². The summed E-state index contributed by atoms with van der Waals surface area (Å²) < 4.78 is 0. The Balaban J connectivity index is 3.42. The fraction of sp³-hybridized carbons (Fsp3) is 0.333. The molecule has 5 N–H and O–H groups in total. The van der Waals surface area contributed by atoms with Crippen LogP contribution in [0.3, 0.4) is 0 Å². The Labute approximate surface area is 72.8 Å². The molecule has 0 saturated heterocycles. The summed E-state index contributed by atoms with van der Waals surface area (Å²) in [6.45, 7) is 3.95. The van der Waals surface area contributed by atoms with Crippen molar-refractivity contribution in [1.82, 2.24) is 0 Å². The zero-order valence-electron chi connectivity index (χ0n) is 7.73. The van der Waals surface area contributed by atoms with E-state index in [-0.39, 0.29) is 0 Å². The maximum Gasteiger partial charge on any atom is 0.0810 e. The van der Waals surface area contributed by atoms with Crippen LogP contribution >= 0.6 is 0 Å². The second kappa shape index (κ2) is 2.93. The van der Waals surface area contributed by atoms with Crippen LogP contribution in [0.4, 0.5) is 17.1 Å². The van der Waals surface area contributed by atoms with E-state index in [2.05, 4.69) is 5.32 Å². The van der Waals surface area contributed by atoms with Crippen molar-refractivity contribution in [2.45, 2.75) is 13.8 Å². The molecule has 1 rings (SSSR count). The first kappa shape index (κ1) is 8.71. The quantitative estimate of drug-likeness (QED) is 0.553. The van der Waals surface area contributed by atoms with Crippen molar-refractivity contribution in [2.75, 3.05) is 23.8 Å². The van der Waals surface area contributed by atoms with Gasteiger partial charge in [-0.05, 0) is 25.0 Å². The first-order valence-corrected chi connectivity index (χ1v) is 3.90. The van der Waals surface area contributed by atoms with Crippen LogP contribution in [0.25, 0.3) is 0 Å². The van der Waals surface area contributed by atoms with E-state index in [0.29, 0.717) is 0 Å². The van der Waals surface area contributed by atoms with E-state index in [1.807, 2.05) is 27.0 Å². The minimum atomic E-state index is 0.737. The monoisotopic (exact) mass is 165 g/mol. The summed E-state index contributed by atoms with van der Waals surface area (Å²) in [5, 5.41) is 3.00. The third kappa shape index (κ3) is 1.18. The van der Waals surface area contributed by atoms with E-state index in [4.69, 9.17) is 11.5 Å². The van der Waals surface area contributed by atoms with Crippen LogP contribution in [0.5, 0.6) is 0 Å². The fourth-order valence-corrected chi connectivity index (χ4v) is 1.29. The number of rotatable bonds is 1. The Kier molecular flexibility index (Phi) is 2.13. The summed E-state index contributed by atoms with van der Waals surface area (Å²) in [6.07, 6.45) is 0. The number of hydrogen-bond donors (Lipinski definition) is 3. The number of nitrogens with two attached hydrogens (primary N) is 2. The molecule has 0 amide bonds. The zero-order chi connectivity index (χ0) is 9.30. The van der Waals surface area contributed by atoms with Crippen molar-refractivity contribution >= 4 is 17.1 Å². The molecule has 0 aliphatic carbocycles. The lowest BCUT2D eigenvalue weighted by molar-refractivity contribution is 1.37. The molecule has 0 unspecified atom stereocenters. The van der Waals surface area contributed by atoms with E-state index in [0.717, 1.165) is 28.2 Å². The van der Waals surface area contributed by atoms with Crippen LogP contribution in [0.1, 0.15) is 11.1 Å². The summed E-state index contributed by atoms with van der Waals surface area (Å²) >= 11 is 0. The molecular weight excluding hydrogens is 150 g/mol. The Hall–Kier alpha value is -1.38. The van der Waals surface area contributed by atoms with E-state index in [1.54, 1.807) is 0 Å². The van der Waals surface area contributed by atoms with Gasteiger partial charge in [0.1, 0.15) is 0 Å². The molecule has 66 valence electrons. The molecule has 0 spiro atoms. The van der Waals surface area contributed by atoms with Crippen molar-refractivity contribution in [3.63, 3.8) is 0 Å². The molecule has 0 saturated carbocycles. The highest BCUT2D eigenvalue weighted by atomic mass is 14.9. The van der Waals surface area contributed by atoms with Crippen LogP contribution in [-0.2, 0) is 0 Å². The highest BCUT2D eigenvalue weighted by Gasteiger charge is 2.07. The van der Waals surface area contributed by atoms with Gasteiger partial charge in [-0.3, -0.25) is 0 Å². The van der Waals surface area contributed by atoms with Gasteiger partial charge in [0.25, 0.3) is 0 Å². The van der Waals surface area contributed by atoms with E-state index in [9.17, 15) is 0 Å². The summed E-state index contributed by atoms with van der Waals surface area (Å²) in [5.74, 6) is 0. The number of hydrogen-bond acceptors (Lipinski definition) is 3. The molecule has 3 heteroatoms. The molecular formula is C9H15N3. The van der Waals surface area contributed by atoms with Crippen LogP contribution in [0.2, 0.25) is 0 Å². The number of benzene rings is 1. The predicted octanol–water partition coefficient (Wildman–Crippen LogP) is 1.51. The van der Waals surface area contributed by atoms with Gasteiger partial charge in [0.2, 0.25) is 0 Å². The maximum atomic E-state index is 5.82. The average molecular weight is 165 g/mol. The van der Waals surface area contributed by atoms with Crippen LogP contribution < -0.4 is 16.8 Å². The summed E-state index contributed by atoms with van der Waals surface area (Å²) in [6, 6.07) is 1.99. The van der Waals surface area contributed by atoms with Crippen LogP contribution in [0, 0.1) is 13.8 Å². The van der Waals surface area contributed by atoms with Crippen molar-refractivity contribution in [3.8, 4) is 0 Å². The minimum absolute atomic E-state index is 0.737. The molecule has 0 aliphatic heterocycles.